The molecule has 2 aliphatic carbocycles. The number of carboxylic acids is 1. The zero-order valence-corrected chi connectivity index (χ0v) is 21.8. The van der Waals surface area contributed by atoms with Crippen molar-refractivity contribution < 1.29 is 24.2 Å². The van der Waals surface area contributed by atoms with Gasteiger partial charge in [-0.15, -0.1) is 0 Å². The fourth-order valence-corrected chi connectivity index (χ4v) is 5.95. The van der Waals surface area contributed by atoms with Crippen LogP contribution in [0.2, 0.25) is 0 Å². The number of hydrogen-bond acceptors (Lipinski definition) is 5. The van der Waals surface area contributed by atoms with E-state index in [4.69, 9.17) is 9.84 Å². The number of aromatic carboxylic acids is 1. The van der Waals surface area contributed by atoms with Crippen LogP contribution in [0, 0.1) is 10.8 Å². The van der Waals surface area contributed by atoms with E-state index in [1.54, 1.807) is 24.3 Å². The normalized spacial score (nSPS) is 20.8. The first kappa shape index (κ1) is 25.0. The summed E-state index contributed by atoms with van der Waals surface area (Å²) in [5.41, 5.74) is 4.78. The van der Waals surface area contributed by atoms with Gasteiger partial charge in [-0.2, -0.15) is 0 Å². The predicted molar refractivity (Wildman–Crippen MR) is 140 cm³/mol. The van der Waals surface area contributed by atoms with E-state index in [-0.39, 0.29) is 34.6 Å². The van der Waals surface area contributed by atoms with Crippen molar-refractivity contribution in [1.82, 2.24) is 5.32 Å². The number of rotatable bonds is 5. The molecule has 2 aromatic carbocycles. The summed E-state index contributed by atoms with van der Waals surface area (Å²) in [7, 11) is 0. The number of ketones is 2. The van der Waals surface area contributed by atoms with E-state index in [0.717, 1.165) is 35.4 Å². The fraction of sp³-hybridized carbons (Fsp3) is 0.387. The third kappa shape index (κ3) is 4.85. The summed E-state index contributed by atoms with van der Waals surface area (Å²) in [6, 6.07) is 14.2. The highest BCUT2D eigenvalue weighted by molar-refractivity contribution is 6.07. The molecule has 0 amide bonds. The van der Waals surface area contributed by atoms with Crippen molar-refractivity contribution in [3.05, 3.63) is 87.8 Å². The van der Waals surface area contributed by atoms with Crippen LogP contribution in [0.25, 0.3) is 0 Å². The Kier molecular flexibility index (Phi) is 6.09. The van der Waals surface area contributed by atoms with Gasteiger partial charge in [0.05, 0.1) is 5.56 Å². The minimum absolute atomic E-state index is 0.0759. The second-order valence-corrected chi connectivity index (χ2v) is 12.1. The van der Waals surface area contributed by atoms with E-state index in [2.05, 4.69) is 33.0 Å². The zero-order chi connectivity index (χ0) is 26.5. The lowest BCUT2D eigenvalue weighted by Crippen LogP contribution is -2.42. The second-order valence-electron chi connectivity index (χ2n) is 12.1. The molecule has 6 nitrogen and oxygen atoms in total. The maximum absolute atomic E-state index is 13.6. The number of para-hydroxylation sites is 1. The Bertz CT molecular complexity index is 1310. The Morgan fingerprint density at radius 3 is 1.95 bits per heavy atom. The van der Waals surface area contributed by atoms with Gasteiger partial charge in [0.2, 0.25) is 0 Å². The molecule has 2 N–H and O–H groups in total. The summed E-state index contributed by atoms with van der Waals surface area (Å²) in [5.74, 6) is -0.675. The van der Waals surface area contributed by atoms with Gasteiger partial charge in [0.15, 0.2) is 11.6 Å². The third-order valence-electron chi connectivity index (χ3n) is 7.54. The molecule has 0 saturated heterocycles. The van der Waals surface area contributed by atoms with Crippen molar-refractivity contribution in [2.45, 2.75) is 65.9 Å². The molecule has 2 aromatic rings. The Labute approximate surface area is 217 Å². The summed E-state index contributed by atoms with van der Waals surface area (Å²) in [6.07, 6.45) is 2.36. The number of carbonyl (C=O) groups excluding carboxylic acids is 2. The van der Waals surface area contributed by atoms with E-state index < -0.39 is 11.9 Å². The number of hydrogen-bond donors (Lipinski definition) is 2. The maximum Gasteiger partial charge on any atom is 0.335 e. The second kappa shape index (κ2) is 9.02. The molecule has 0 unspecified atom stereocenters. The van der Waals surface area contributed by atoms with Crippen LogP contribution >= 0.6 is 0 Å². The van der Waals surface area contributed by atoms with Crippen LogP contribution in [0.5, 0.6) is 5.75 Å². The summed E-state index contributed by atoms with van der Waals surface area (Å²) < 4.78 is 6.25. The lowest BCUT2D eigenvalue weighted by Gasteiger charge is -2.44. The molecule has 1 aliphatic heterocycles. The van der Waals surface area contributed by atoms with Gasteiger partial charge in [0.1, 0.15) is 12.4 Å². The quantitative estimate of drug-likeness (QED) is 0.529. The Morgan fingerprint density at radius 1 is 0.865 bits per heavy atom. The van der Waals surface area contributed by atoms with Crippen LogP contribution in [-0.4, -0.2) is 22.6 Å². The van der Waals surface area contributed by atoms with Gasteiger partial charge in [-0.05, 0) is 47.4 Å². The molecule has 37 heavy (non-hydrogen) atoms. The van der Waals surface area contributed by atoms with Crippen LogP contribution in [0.3, 0.4) is 0 Å². The molecule has 0 bridgehead atoms. The highest BCUT2D eigenvalue weighted by Crippen LogP contribution is 2.52. The molecule has 0 saturated carbocycles. The summed E-state index contributed by atoms with van der Waals surface area (Å²) >= 11 is 0. The molecular formula is C31H33NO5. The molecular weight excluding hydrogens is 466 g/mol. The fourth-order valence-electron chi connectivity index (χ4n) is 5.95. The average Bonchev–Trinajstić information content (AvgIpc) is 2.80. The molecule has 3 aliphatic rings. The van der Waals surface area contributed by atoms with Crippen LogP contribution in [0.4, 0.5) is 0 Å². The molecule has 0 radical (unpaired) electrons. The van der Waals surface area contributed by atoms with Crippen LogP contribution in [0.1, 0.15) is 80.8 Å². The third-order valence-corrected chi connectivity index (χ3v) is 7.54. The maximum atomic E-state index is 13.6. The molecule has 0 fully saturated rings. The summed E-state index contributed by atoms with van der Waals surface area (Å²) in [4.78, 5) is 38.4. The monoisotopic (exact) mass is 499 g/mol. The van der Waals surface area contributed by atoms with Crippen molar-refractivity contribution >= 4 is 17.5 Å². The molecule has 0 aromatic heterocycles. The van der Waals surface area contributed by atoms with Crippen LogP contribution < -0.4 is 10.1 Å². The predicted octanol–water partition coefficient (Wildman–Crippen LogP) is 5.94. The number of dihydropyridines is 1. The lowest BCUT2D eigenvalue weighted by atomic mass is 9.64. The van der Waals surface area contributed by atoms with E-state index >= 15 is 0 Å². The van der Waals surface area contributed by atoms with E-state index in [1.165, 1.54) is 0 Å². The zero-order valence-electron chi connectivity index (χ0n) is 21.8. The SMILES string of the molecule is CC1(C)CC(=O)C2=C(C1)NC1=C(C(=O)CC(C)(C)C1)C2c1ccccc1OCc1ccc(C(=O)O)cc1. The first-order valence-corrected chi connectivity index (χ1v) is 12.8. The molecule has 0 atom stereocenters. The van der Waals surface area contributed by atoms with Crippen molar-refractivity contribution in [3.63, 3.8) is 0 Å². The van der Waals surface area contributed by atoms with Gasteiger partial charge < -0.3 is 15.2 Å². The topological polar surface area (TPSA) is 92.7 Å². The standard InChI is InChI=1S/C31H33NO5/c1-30(2)13-21-27(23(33)15-30)26(28-22(32-21)14-31(3,4)16-24(28)34)20-7-5-6-8-25(20)37-17-18-9-11-19(12-10-18)29(35)36/h5-12,26,32H,13-17H2,1-4H3,(H,35,36). The van der Waals surface area contributed by atoms with Crippen LogP contribution in [-0.2, 0) is 16.2 Å². The minimum Gasteiger partial charge on any atom is -0.489 e. The van der Waals surface area contributed by atoms with Gasteiger partial charge in [-0.1, -0.05) is 58.0 Å². The summed E-state index contributed by atoms with van der Waals surface area (Å²) in [6.45, 7) is 8.67. The van der Waals surface area contributed by atoms with Crippen LogP contribution in [0.15, 0.2) is 71.1 Å². The number of carboxylic acid groups (broad SMARTS) is 1. The average molecular weight is 500 g/mol. The Morgan fingerprint density at radius 2 is 1.41 bits per heavy atom. The molecule has 0 spiro atoms. The Balaban J connectivity index is 1.56. The van der Waals surface area contributed by atoms with Gasteiger partial charge in [-0.3, -0.25) is 9.59 Å². The smallest absolute Gasteiger partial charge is 0.335 e. The van der Waals surface area contributed by atoms with Gasteiger partial charge >= 0.3 is 5.97 Å². The lowest BCUT2D eigenvalue weighted by molar-refractivity contribution is -0.119. The van der Waals surface area contributed by atoms with Gasteiger partial charge in [-0.25, -0.2) is 4.79 Å². The number of allylic oxidation sites excluding steroid dienone is 4. The van der Waals surface area contributed by atoms with Crippen molar-refractivity contribution in [3.8, 4) is 5.75 Å². The first-order chi connectivity index (χ1) is 17.4. The summed E-state index contributed by atoms with van der Waals surface area (Å²) in [5, 5.41) is 12.7. The number of Topliss-reactive ketones (excluding diaryl/α,β-unsaturated/α-hetero) is 2. The molecule has 1 heterocycles. The number of ether oxygens (including phenoxy) is 1. The molecule has 192 valence electrons. The largest absolute Gasteiger partial charge is 0.489 e. The van der Waals surface area contributed by atoms with E-state index in [0.29, 0.717) is 29.7 Å². The minimum atomic E-state index is -0.975. The van der Waals surface area contributed by atoms with Gasteiger partial charge in [0, 0.05) is 46.9 Å². The first-order valence-electron chi connectivity index (χ1n) is 12.8. The van der Waals surface area contributed by atoms with E-state index in [9.17, 15) is 14.4 Å². The Hall–Kier alpha value is -3.67. The van der Waals surface area contributed by atoms with E-state index in [1.807, 2.05) is 24.3 Å². The number of benzene rings is 2. The highest BCUT2D eigenvalue weighted by atomic mass is 16.5. The number of nitrogens with one attached hydrogen (secondary N) is 1. The number of carbonyl (C=O) groups is 3. The van der Waals surface area contributed by atoms with Crippen molar-refractivity contribution in [2.24, 2.45) is 10.8 Å². The van der Waals surface area contributed by atoms with Gasteiger partial charge in [0.25, 0.3) is 0 Å². The molecule has 6 heteroatoms. The molecule has 5 rings (SSSR count). The van der Waals surface area contributed by atoms with Crippen molar-refractivity contribution in [1.29, 1.82) is 0 Å². The highest BCUT2D eigenvalue weighted by Gasteiger charge is 2.47. The van der Waals surface area contributed by atoms with Crippen molar-refractivity contribution in [2.75, 3.05) is 0 Å².